The van der Waals surface area contributed by atoms with Gasteiger partial charge in [-0.05, 0) is 45.7 Å². The molecule has 0 bridgehead atoms. The monoisotopic (exact) mass is 475 g/mol. The second-order valence-electron chi connectivity index (χ2n) is 7.25. The van der Waals surface area contributed by atoms with E-state index in [1.54, 1.807) is 13.2 Å². The molecule has 1 aliphatic heterocycles. The van der Waals surface area contributed by atoms with Crippen LogP contribution in [0.3, 0.4) is 0 Å². The molecule has 146 valence electrons. The molecule has 1 atom stereocenters. The summed E-state index contributed by atoms with van der Waals surface area (Å²) in [5.41, 5.74) is 1.67. The van der Waals surface area contributed by atoms with Gasteiger partial charge < -0.3 is 20.3 Å². The highest BCUT2D eigenvalue weighted by Crippen LogP contribution is 2.12. The third-order valence-electron chi connectivity index (χ3n) is 3.95. The number of carbonyl (C=O) groups is 1. The number of alkyl carbamates (subject to hydrolysis) is 1. The van der Waals surface area contributed by atoms with Crippen molar-refractivity contribution < 1.29 is 9.53 Å². The van der Waals surface area contributed by atoms with Gasteiger partial charge in [-0.1, -0.05) is 6.07 Å². The van der Waals surface area contributed by atoms with Crippen LogP contribution in [0, 0.1) is 6.92 Å². The quantitative estimate of drug-likeness (QED) is 0.400. The molecule has 0 spiro atoms. The second kappa shape index (κ2) is 9.94. The van der Waals surface area contributed by atoms with Gasteiger partial charge in [-0.3, -0.25) is 9.98 Å². The van der Waals surface area contributed by atoms with E-state index in [9.17, 15) is 4.79 Å². The number of guanidine groups is 1. The molecule has 2 N–H and O–H groups in total. The first kappa shape index (κ1) is 22.5. The Kier molecular flexibility index (Phi) is 8.58. The number of aliphatic imine (C=N–C) groups is 1. The van der Waals surface area contributed by atoms with Crippen LogP contribution in [0.25, 0.3) is 0 Å². The minimum atomic E-state index is -0.486. The van der Waals surface area contributed by atoms with Crippen molar-refractivity contribution in [3.8, 4) is 0 Å². The molecule has 1 aromatic heterocycles. The molecule has 2 heterocycles. The molecule has 26 heavy (non-hydrogen) atoms. The molecule has 0 radical (unpaired) electrons. The number of ether oxygens (including phenoxy) is 1. The van der Waals surface area contributed by atoms with Crippen molar-refractivity contribution in [2.45, 2.75) is 52.3 Å². The predicted octanol–water partition coefficient (Wildman–Crippen LogP) is 2.68. The summed E-state index contributed by atoms with van der Waals surface area (Å²) in [6.07, 6.45) is 2.29. The van der Waals surface area contributed by atoms with Gasteiger partial charge in [0.1, 0.15) is 5.60 Å². The summed E-state index contributed by atoms with van der Waals surface area (Å²) in [5, 5.41) is 6.28. The van der Waals surface area contributed by atoms with E-state index >= 15 is 0 Å². The van der Waals surface area contributed by atoms with E-state index in [1.807, 2.05) is 39.8 Å². The van der Waals surface area contributed by atoms with Crippen LogP contribution < -0.4 is 10.6 Å². The molecule has 1 saturated heterocycles. The number of rotatable bonds is 3. The van der Waals surface area contributed by atoms with Crippen LogP contribution in [0.2, 0.25) is 0 Å². The topological polar surface area (TPSA) is 78.9 Å². The Morgan fingerprint density at radius 2 is 2.19 bits per heavy atom. The van der Waals surface area contributed by atoms with E-state index in [0.717, 1.165) is 30.2 Å². The summed E-state index contributed by atoms with van der Waals surface area (Å²) in [4.78, 5) is 22.8. The number of aryl methyl sites for hydroxylation is 1. The minimum Gasteiger partial charge on any atom is -0.444 e. The zero-order chi connectivity index (χ0) is 18.4. The van der Waals surface area contributed by atoms with Gasteiger partial charge in [-0.25, -0.2) is 4.79 Å². The lowest BCUT2D eigenvalue weighted by molar-refractivity contribution is 0.0507. The first-order valence-electron chi connectivity index (χ1n) is 8.64. The maximum Gasteiger partial charge on any atom is 0.407 e. The zero-order valence-electron chi connectivity index (χ0n) is 16.2. The van der Waals surface area contributed by atoms with Crippen molar-refractivity contribution in [1.29, 1.82) is 0 Å². The average molecular weight is 475 g/mol. The first-order valence-corrected chi connectivity index (χ1v) is 8.64. The highest BCUT2D eigenvalue weighted by Gasteiger charge is 2.27. The number of hydrogen-bond acceptors (Lipinski definition) is 4. The van der Waals surface area contributed by atoms with Gasteiger partial charge in [0, 0.05) is 26.3 Å². The number of pyridine rings is 1. The third kappa shape index (κ3) is 6.97. The van der Waals surface area contributed by atoms with Gasteiger partial charge in [-0.2, -0.15) is 0 Å². The maximum atomic E-state index is 11.9. The number of nitrogens with one attached hydrogen (secondary N) is 2. The summed E-state index contributed by atoms with van der Waals surface area (Å²) in [7, 11) is 1.77. The van der Waals surface area contributed by atoms with Crippen LogP contribution in [0.4, 0.5) is 4.79 Å². The lowest BCUT2D eigenvalue weighted by Crippen LogP contribution is -2.44. The Morgan fingerprint density at radius 1 is 1.46 bits per heavy atom. The van der Waals surface area contributed by atoms with Crippen LogP contribution in [0.15, 0.2) is 23.3 Å². The number of likely N-dealkylation sites (tertiary alicyclic amines) is 1. The molecule has 8 heteroatoms. The summed E-state index contributed by atoms with van der Waals surface area (Å²) >= 11 is 0. The Balaban J connectivity index is 0.00000338. The molecule has 1 aromatic rings. The van der Waals surface area contributed by atoms with Crippen LogP contribution in [0.1, 0.15) is 38.4 Å². The number of aromatic nitrogens is 1. The third-order valence-corrected chi connectivity index (χ3v) is 3.95. The molecule has 7 nitrogen and oxygen atoms in total. The fourth-order valence-electron chi connectivity index (χ4n) is 2.74. The van der Waals surface area contributed by atoms with Crippen molar-refractivity contribution in [1.82, 2.24) is 20.5 Å². The van der Waals surface area contributed by atoms with Crippen LogP contribution in [-0.2, 0) is 11.3 Å². The van der Waals surface area contributed by atoms with E-state index in [2.05, 4.69) is 25.5 Å². The number of amides is 1. The van der Waals surface area contributed by atoms with Crippen molar-refractivity contribution in [3.63, 3.8) is 0 Å². The molecule has 0 aliphatic carbocycles. The highest BCUT2D eigenvalue weighted by molar-refractivity contribution is 14.0. The fraction of sp³-hybridized carbons (Fsp3) is 0.611. The number of carbonyl (C=O) groups excluding carboxylic acids is 1. The highest BCUT2D eigenvalue weighted by atomic mass is 127. The van der Waals surface area contributed by atoms with E-state index in [4.69, 9.17) is 4.74 Å². The molecular weight excluding hydrogens is 445 g/mol. The summed E-state index contributed by atoms with van der Waals surface area (Å²) in [5.74, 6) is 0.818. The minimum absolute atomic E-state index is 0. The zero-order valence-corrected chi connectivity index (χ0v) is 18.5. The molecule has 1 aliphatic rings. The Morgan fingerprint density at radius 3 is 2.81 bits per heavy atom. The lowest BCUT2D eigenvalue weighted by atomic mass is 10.2. The fourth-order valence-corrected chi connectivity index (χ4v) is 2.74. The van der Waals surface area contributed by atoms with Gasteiger partial charge in [0.05, 0.1) is 18.3 Å². The largest absolute Gasteiger partial charge is 0.444 e. The summed E-state index contributed by atoms with van der Waals surface area (Å²) < 4.78 is 5.32. The smallest absolute Gasteiger partial charge is 0.407 e. The van der Waals surface area contributed by atoms with Crippen LogP contribution >= 0.6 is 24.0 Å². The molecule has 1 amide bonds. The van der Waals surface area contributed by atoms with Crippen molar-refractivity contribution >= 4 is 36.0 Å². The van der Waals surface area contributed by atoms with E-state index in [1.165, 1.54) is 0 Å². The normalized spacial score (nSPS) is 17.5. The second-order valence-corrected chi connectivity index (χ2v) is 7.25. The Labute approximate surface area is 173 Å². The molecular formula is C18H30IN5O2. The van der Waals surface area contributed by atoms with Crippen molar-refractivity contribution in [3.05, 3.63) is 29.6 Å². The van der Waals surface area contributed by atoms with Crippen molar-refractivity contribution in [2.24, 2.45) is 4.99 Å². The lowest BCUT2D eigenvalue weighted by Gasteiger charge is -2.23. The van der Waals surface area contributed by atoms with E-state index in [0.29, 0.717) is 13.1 Å². The Bertz CT molecular complexity index is 630. The van der Waals surface area contributed by atoms with E-state index in [-0.39, 0.29) is 36.1 Å². The first-order chi connectivity index (χ1) is 11.8. The standard InChI is InChI=1S/C18H29N5O2.HI/c1-13-7-6-9-20-15(13)11-21-16(19-5)23-10-8-14(12-23)22-17(24)25-18(2,3)4;/h6-7,9,14H,8,10-12H2,1-5H3,(H,19,21)(H,22,24);1H. The molecule has 0 saturated carbocycles. The van der Waals surface area contributed by atoms with E-state index < -0.39 is 5.60 Å². The molecule has 1 unspecified atom stereocenters. The number of hydrogen-bond donors (Lipinski definition) is 2. The molecule has 0 aromatic carbocycles. The van der Waals surface area contributed by atoms with Gasteiger partial charge >= 0.3 is 6.09 Å². The molecule has 2 rings (SSSR count). The van der Waals surface area contributed by atoms with Crippen LogP contribution in [0.5, 0.6) is 0 Å². The SMILES string of the molecule is CN=C(NCc1ncccc1C)N1CCC(NC(=O)OC(C)(C)C)C1.I. The summed E-state index contributed by atoms with van der Waals surface area (Å²) in [6, 6.07) is 4.04. The van der Waals surface area contributed by atoms with Gasteiger partial charge in [0.25, 0.3) is 0 Å². The van der Waals surface area contributed by atoms with Crippen LogP contribution in [-0.4, -0.2) is 53.7 Å². The van der Waals surface area contributed by atoms with Gasteiger partial charge in [-0.15, -0.1) is 24.0 Å². The predicted molar refractivity (Wildman–Crippen MR) is 114 cm³/mol. The maximum absolute atomic E-state index is 11.9. The van der Waals surface area contributed by atoms with Crippen molar-refractivity contribution in [2.75, 3.05) is 20.1 Å². The number of nitrogens with zero attached hydrogens (tertiary/aromatic N) is 3. The van der Waals surface area contributed by atoms with Gasteiger partial charge in [0.15, 0.2) is 5.96 Å². The number of halogens is 1. The Hall–Kier alpha value is -1.58. The molecule has 1 fully saturated rings. The average Bonchev–Trinajstić information content (AvgIpc) is 2.96. The summed E-state index contributed by atoms with van der Waals surface area (Å²) in [6.45, 7) is 9.79. The van der Waals surface area contributed by atoms with Gasteiger partial charge in [0.2, 0.25) is 0 Å².